The van der Waals surface area contributed by atoms with Crippen LogP contribution in [0.5, 0.6) is 0 Å². The molecule has 0 amide bonds. The van der Waals surface area contributed by atoms with Crippen molar-refractivity contribution >= 4 is 0 Å². The summed E-state index contributed by atoms with van der Waals surface area (Å²) in [6, 6.07) is 15.3. The van der Waals surface area contributed by atoms with Gasteiger partial charge in [-0.1, -0.05) is 63.2 Å². The monoisotopic (exact) mass is 238 g/mol. The molecule has 18 heavy (non-hydrogen) atoms. The Morgan fingerprint density at radius 3 is 1.94 bits per heavy atom. The van der Waals surface area contributed by atoms with Crippen LogP contribution in [0.4, 0.5) is 0 Å². The van der Waals surface area contributed by atoms with E-state index in [-0.39, 0.29) is 5.41 Å². The van der Waals surface area contributed by atoms with E-state index in [0.717, 1.165) is 0 Å². The molecule has 0 unspecified atom stereocenters. The topological polar surface area (TPSA) is 0 Å². The van der Waals surface area contributed by atoms with Gasteiger partial charge in [-0.25, -0.2) is 0 Å². The minimum absolute atomic E-state index is 0.212. The van der Waals surface area contributed by atoms with Crippen molar-refractivity contribution in [2.24, 2.45) is 0 Å². The lowest BCUT2D eigenvalue weighted by Crippen LogP contribution is -2.13. The average molecular weight is 238 g/mol. The SMILES string of the molecule is Cc1cc(C(C)(C)C)c(C)cc1-c1ccccc1. The molecule has 0 nitrogen and oxygen atoms in total. The first kappa shape index (κ1) is 12.9. The Labute approximate surface area is 111 Å². The number of hydrogen-bond donors (Lipinski definition) is 0. The molecule has 0 aliphatic heterocycles. The van der Waals surface area contributed by atoms with Crippen molar-refractivity contribution < 1.29 is 0 Å². The van der Waals surface area contributed by atoms with Crippen molar-refractivity contribution in [2.45, 2.75) is 40.0 Å². The molecule has 0 N–H and O–H groups in total. The lowest BCUT2D eigenvalue weighted by Gasteiger charge is -2.23. The van der Waals surface area contributed by atoms with Crippen molar-refractivity contribution in [3.05, 3.63) is 59.2 Å². The third-order valence-corrected chi connectivity index (χ3v) is 3.46. The van der Waals surface area contributed by atoms with Crippen LogP contribution in [0.15, 0.2) is 42.5 Å². The highest BCUT2D eigenvalue weighted by Gasteiger charge is 2.17. The second-order valence-electron chi connectivity index (χ2n) is 6.10. The van der Waals surface area contributed by atoms with Crippen LogP contribution in [-0.2, 0) is 5.41 Å². The van der Waals surface area contributed by atoms with Gasteiger partial charge in [-0.05, 0) is 47.1 Å². The van der Waals surface area contributed by atoms with Gasteiger partial charge in [0, 0.05) is 0 Å². The van der Waals surface area contributed by atoms with E-state index in [4.69, 9.17) is 0 Å². The van der Waals surface area contributed by atoms with Crippen LogP contribution in [0.2, 0.25) is 0 Å². The van der Waals surface area contributed by atoms with E-state index >= 15 is 0 Å². The molecule has 0 spiro atoms. The van der Waals surface area contributed by atoms with Crippen molar-refractivity contribution in [1.82, 2.24) is 0 Å². The zero-order chi connectivity index (χ0) is 13.3. The molecule has 2 rings (SSSR count). The maximum absolute atomic E-state index is 2.34. The first-order valence-corrected chi connectivity index (χ1v) is 6.57. The fourth-order valence-electron chi connectivity index (χ4n) is 2.55. The van der Waals surface area contributed by atoms with Gasteiger partial charge in [0.15, 0.2) is 0 Å². The molecule has 0 saturated carbocycles. The molecule has 0 fully saturated rings. The standard InChI is InChI=1S/C18H22/c1-13-12-17(18(3,4)5)14(2)11-16(13)15-9-7-6-8-10-15/h6-12H,1-5H3. The fourth-order valence-corrected chi connectivity index (χ4v) is 2.55. The largest absolute Gasteiger partial charge is 0.0622 e. The fraction of sp³-hybridized carbons (Fsp3) is 0.333. The van der Waals surface area contributed by atoms with Gasteiger partial charge in [0.25, 0.3) is 0 Å². The Bertz CT molecular complexity index is 542. The minimum Gasteiger partial charge on any atom is -0.0622 e. The van der Waals surface area contributed by atoms with Crippen LogP contribution in [0, 0.1) is 13.8 Å². The van der Waals surface area contributed by atoms with E-state index < -0.39 is 0 Å². The molecule has 2 aromatic carbocycles. The number of hydrogen-bond acceptors (Lipinski definition) is 0. The number of aryl methyl sites for hydroxylation is 2. The van der Waals surface area contributed by atoms with E-state index in [9.17, 15) is 0 Å². The summed E-state index contributed by atoms with van der Waals surface area (Å²) in [7, 11) is 0. The first-order valence-electron chi connectivity index (χ1n) is 6.57. The summed E-state index contributed by atoms with van der Waals surface area (Å²) in [6.07, 6.45) is 0. The van der Waals surface area contributed by atoms with Crippen molar-refractivity contribution in [2.75, 3.05) is 0 Å². The lowest BCUT2D eigenvalue weighted by molar-refractivity contribution is 0.585. The number of rotatable bonds is 1. The Morgan fingerprint density at radius 1 is 0.778 bits per heavy atom. The first-order chi connectivity index (χ1) is 8.39. The minimum atomic E-state index is 0.212. The average Bonchev–Trinajstić information content (AvgIpc) is 2.31. The maximum Gasteiger partial charge on any atom is -0.0129 e. The molecule has 2 aromatic rings. The van der Waals surface area contributed by atoms with Gasteiger partial charge >= 0.3 is 0 Å². The number of benzene rings is 2. The molecule has 0 radical (unpaired) electrons. The Hall–Kier alpha value is -1.56. The molecular weight excluding hydrogens is 216 g/mol. The normalized spacial score (nSPS) is 11.6. The summed E-state index contributed by atoms with van der Waals surface area (Å²) < 4.78 is 0. The molecule has 94 valence electrons. The molecule has 0 aromatic heterocycles. The van der Waals surface area contributed by atoms with Gasteiger partial charge in [-0.2, -0.15) is 0 Å². The third kappa shape index (κ3) is 2.48. The Kier molecular flexibility index (Phi) is 3.30. The molecule has 0 heteroatoms. The van der Waals surface area contributed by atoms with Crippen LogP contribution in [0.3, 0.4) is 0 Å². The zero-order valence-corrected chi connectivity index (χ0v) is 12.0. The quantitative estimate of drug-likeness (QED) is 0.635. The van der Waals surface area contributed by atoms with Crippen LogP contribution >= 0.6 is 0 Å². The predicted molar refractivity (Wildman–Crippen MR) is 80.1 cm³/mol. The molecule has 0 aliphatic carbocycles. The molecule has 0 atom stereocenters. The molecule has 0 saturated heterocycles. The molecule has 0 aliphatic rings. The van der Waals surface area contributed by atoms with Crippen molar-refractivity contribution in [3.63, 3.8) is 0 Å². The molecular formula is C18H22. The summed E-state index contributed by atoms with van der Waals surface area (Å²) in [4.78, 5) is 0. The van der Waals surface area contributed by atoms with Gasteiger partial charge in [0.1, 0.15) is 0 Å². The zero-order valence-electron chi connectivity index (χ0n) is 12.0. The second-order valence-corrected chi connectivity index (χ2v) is 6.10. The van der Waals surface area contributed by atoms with Crippen LogP contribution in [0.25, 0.3) is 11.1 Å². The summed E-state index contributed by atoms with van der Waals surface area (Å²) >= 11 is 0. The van der Waals surface area contributed by atoms with E-state index in [1.165, 1.54) is 27.8 Å². The third-order valence-electron chi connectivity index (χ3n) is 3.46. The van der Waals surface area contributed by atoms with E-state index in [2.05, 4.69) is 77.1 Å². The lowest BCUT2D eigenvalue weighted by atomic mass is 9.81. The summed E-state index contributed by atoms with van der Waals surface area (Å²) in [5, 5.41) is 0. The van der Waals surface area contributed by atoms with Gasteiger partial charge < -0.3 is 0 Å². The van der Waals surface area contributed by atoms with E-state index in [1.807, 2.05) is 0 Å². The maximum atomic E-state index is 2.34. The second kappa shape index (κ2) is 4.61. The summed E-state index contributed by atoms with van der Waals surface area (Å²) in [5.74, 6) is 0. The van der Waals surface area contributed by atoms with E-state index in [1.54, 1.807) is 0 Å². The molecule has 0 bridgehead atoms. The highest BCUT2D eigenvalue weighted by molar-refractivity contribution is 5.69. The summed E-state index contributed by atoms with van der Waals surface area (Å²) in [5.41, 5.74) is 7.05. The molecule has 0 heterocycles. The van der Waals surface area contributed by atoms with Gasteiger partial charge in [0.05, 0.1) is 0 Å². The summed E-state index contributed by atoms with van der Waals surface area (Å²) in [6.45, 7) is 11.2. The van der Waals surface area contributed by atoms with Gasteiger partial charge in [0.2, 0.25) is 0 Å². The van der Waals surface area contributed by atoms with E-state index in [0.29, 0.717) is 0 Å². The highest BCUT2D eigenvalue weighted by atomic mass is 14.2. The smallest absolute Gasteiger partial charge is 0.0129 e. The van der Waals surface area contributed by atoms with Crippen LogP contribution < -0.4 is 0 Å². The Balaban J connectivity index is 2.57. The van der Waals surface area contributed by atoms with Crippen LogP contribution in [0.1, 0.15) is 37.5 Å². The van der Waals surface area contributed by atoms with Crippen molar-refractivity contribution in [3.8, 4) is 11.1 Å². The van der Waals surface area contributed by atoms with Gasteiger partial charge in [-0.3, -0.25) is 0 Å². The van der Waals surface area contributed by atoms with Crippen LogP contribution in [-0.4, -0.2) is 0 Å². The highest BCUT2D eigenvalue weighted by Crippen LogP contribution is 2.32. The van der Waals surface area contributed by atoms with Gasteiger partial charge in [-0.15, -0.1) is 0 Å². The van der Waals surface area contributed by atoms with Crippen molar-refractivity contribution in [1.29, 1.82) is 0 Å². The predicted octanol–water partition coefficient (Wildman–Crippen LogP) is 5.27. The Morgan fingerprint density at radius 2 is 1.39 bits per heavy atom.